The van der Waals surface area contributed by atoms with E-state index in [0.717, 1.165) is 19.1 Å². The van der Waals surface area contributed by atoms with Crippen LogP contribution in [0.3, 0.4) is 0 Å². The Morgan fingerprint density at radius 3 is 3.05 bits per heavy atom. The van der Waals surface area contributed by atoms with E-state index in [2.05, 4.69) is 34.5 Å². The molecule has 2 heterocycles. The second-order valence-corrected chi connectivity index (χ2v) is 6.10. The van der Waals surface area contributed by atoms with E-state index in [4.69, 9.17) is 4.74 Å². The van der Waals surface area contributed by atoms with Gasteiger partial charge in [-0.3, -0.25) is 0 Å². The molecule has 2 fully saturated rings. The molecule has 1 N–H and O–H groups in total. The van der Waals surface area contributed by atoms with Crippen LogP contribution in [0.2, 0.25) is 0 Å². The molecule has 2 aliphatic heterocycles. The van der Waals surface area contributed by atoms with E-state index in [-0.39, 0.29) is 0 Å². The molecule has 1 aromatic carbocycles. The van der Waals surface area contributed by atoms with E-state index < -0.39 is 0 Å². The summed E-state index contributed by atoms with van der Waals surface area (Å²) in [4.78, 5) is 2.68. The average Bonchev–Trinajstić information content (AvgIpc) is 2.94. The fourth-order valence-corrected chi connectivity index (χ4v) is 3.67. The van der Waals surface area contributed by atoms with Gasteiger partial charge >= 0.3 is 0 Å². The topological polar surface area (TPSA) is 24.5 Å². The van der Waals surface area contributed by atoms with Crippen LogP contribution < -0.4 is 5.32 Å². The number of nitrogens with one attached hydrogen (secondary N) is 1. The van der Waals surface area contributed by atoms with Crippen LogP contribution in [0, 0.1) is 0 Å². The van der Waals surface area contributed by atoms with Crippen LogP contribution in [-0.2, 0) is 11.2 Å². The van der Waals surface area contributed by atoms with E-state index in [1.165, 1.54) is 50.0 Å². The molecule has 2 saturated heterocycles. The lowest BCUT2D eigenvalue weighted by molar-refractivity contribution is 0.188. The van der Waals surface area contributed by atoms with Crippen LogP contribution in [0.25, 0.3) is 0 Å². The molecule has 2 atom stereocenters. The molecular formula is C17H26N2O. The molecular weight excluding hydrogens is 248 g/mol. The molecule has 0 spiro atoms. The van der Waals surface area contributed by atoms with Crippen molar-refractivity contribution in [1.29, 1.82) is 0 Å². The number of anilines is 1. The van der Waals surface area contributed by atoms with Crippen molar-refractivity contribution in [2.24, 2.45) is 0 Å². The van der Waals surface area contributed by atoms with Crippen LogP contribution in [0.1, 0.15) is 31.2 Å². The molecule has 3 heteroatoms. The lowest BCUT2D eigenvalue weighted by atomic mass is 9.97. The molecule has 3 nitrogen and oxygen atoms in total. The molecule has 0 aliphatic carbocycles. The van der Waals surface area contributed by atoms with Gasteiger partial charge in [0.15, 0.2) is 0 Å². The Kier molecular flexibility index (Phi) is 4.58. The lowest BCUT2D eigenvalue weighted by Gasteiger charge is -2.36. The van der Waals surface area contributed by atoms with Crippen LogP contribution in [0.5, 0.6) is 0 Å². The van der Waals surface area contributed by atoms with Gasteiger partial charge in [-0.05, 0) is 50.3 Å². The Labute approximate surface area is 122 Å². The molecule has 0 bridgehead atoms. The molecule has 0 amide bonds. The van der Waals surface area contributed by atoms with Crippen LogP contribution in [0.15, 0.2) is 24.3 Å². The van der Waals surface area contributed by atoms with Crippen molar-refractivity contribution < 1.29 is 4.74 Å². The minimum absolute atomic E-state index is 0.637. The van der Waals surface area contributed by atoms with Crippen molar-refractivity contribution in [2.75, 3.05) is 32.1 Å². The highest BCUT2D eigenvalue weighted by Gasteiger charge is 2.31. The summed E-state index contributed by atoms with van der Waals surface area (Å²) in [6, 6.07) is 10.1. The van der Waals surface area contributed by atoms with E-state index in [0.29, 0.717) is 6.04 Å². The zero-order valence-corrected chi connectivity index (χ0v) is 12.5. The molecule has 0 saturated carbocycles. The van der Waals surface area contributed by atoms with Gasteiger partial charge in [-0.1, -0.05) is 18.2 Å². The van der Waals surface area contributed by atoms with Gasteiger partial charge < -0.3 is 15.0 Å². The first-order valence-corrected chi connectivity index (χ1v) is 7.94. The summed E-state index contributed by atoms with van der Waals surface area (Å²) in [6.45, 7) is 3.38. The monoisotopic (exact) mass is 274 g/mol. The SMILES string of the molecule is COCCc1ccccc1NC1CCN2CCCC2C1. The number of rotatable bonds is 5. The van der Waals surface area contributed by atoms with Crippen LogP contribution in [0.4, 0.5) is 5.69 Å². The summed E-state index contributed by atoms with van der Waals surface area (Å²) in [7, 11) is 1.77. The number of methoxy groups -OCH3 is 1. The summed E-state index contributed by atoms with van der Waals surface area (Å²) in [5.74, 6) is 0. The summed E-state index contributed by atoms with van der Waals surface area (Å²) < 4.78 is 5.21. The molecule has 1 aromatic rings. The molecule has 0 aromatic heterocycles. The van der Waals surface area contributed by atoms with Gasteiger partial charge in [0, 0.05) is 31.4 Å². The Morgan fingerprint density at radius 1 is 1.25 bits per heavy atom. The highest BCUT2D eigenvalue weighted by molar-refractivity contribution is 5.52. The predicted molar refractivity (Wildman–Crippen MR) is 83.3 cm³/mol. The second-order valence-electron chi connectivity index (χ2n) is 6.10. The van der Waals surface area contributed by atoms with Gasteiger partial charge in [-0.25, -0.2) is 0 Å². The summed E-state index contributed by atoms with van der Waals surface area (Å²) in [6.07, 6.45) is 6.35. The fourth-order valence-electron chi connectivity index (χ4n) is 3.67. The Morgan fingerprint density at radius 2 is 2.15 bits per heavy atom. The van der Waals surface area contributed by atoms with Gasteiger partial charge in [-0.15, -0.1) is 0 Å². The maximum atomic E-state index is 5.21. The fraction of sp³-hybridized carbons (Fsp3) is 0.647. The molecule has 110 valence electrons. The number of piperidine rings is 1. The highest BCUT2D eigenvalue weighted by Crippen LogP contribution is 2.29. The number of hydrogen-bond acceptors (Lipinski definition) is 3. The van der Waals surface area contributed by atoms with Crippen LogP contribution in [-0.4, -0.2) is 43.8 Å². The van der Waals surface area contributed by atoms with E-state index in [1.54, 1.807) is 7.11 Å². The first-order chi connectivity index (χ1) is 9.86. The van der Waals surface area contributed by atoms with Crippen LogP contribution >= 0.6 is 0 Å². The predicted octanol–water partition coefficient (Wildman–Crippen LogP) is 2.91. The van der Waals surface area contributed by atoms with E-state index in [9.17, 15) is 0 Å². The highest BCUT2D eigenvalue weighted by atomic mass is 16.5. The summed E-state index contributed by atoms with van der Waals surface area (Å²) >= 11 is 0. The van der Waals surface area contributed by atoms with Gasteiger partial charge in [0.25, 0.3) is 0 Å². The molecule has 3 rings (SSSR count). The smallest absolute Gasteiger partial charge is 0.0503 e. The number of fused-ring (bicyclic) bond motifs is 1. The summed E-state index contributed by atoms with van der Waals surface area (Å²) in [5, 5.41) is 3.79. The van der Waals surface area contributed by atoms with E-state index >= 15 is 0 Å². The van der Waals surface area contributed by atoms with Crippen molar-refractivity contribution >= 4 is 5.69 Å². The molecule has 0 radical (unpaired) electrons. The third kappa shape index (κ3) is 3.15. The largest absolute Gasteiger partial charge is 0.384 e. The number of nitrogens with zero attached hydrogens (tertiary/aromatic N) is 1. The number of para-hydroxylation sites is 1. The van der Waals surface area contributed by atoms with E-state index in [1.807, 2.05) is 0 Å². The van der Waals surface area contributed by atoms with Crippen molar-refractivity contribution in [3.05, 3.63) is 29.8 Å². The lowest BCUT2D eigenvalue weighted by Crippen LogP contribution is -2.42. The summed E-state index contributed by atoms with van der Waals surface area (Å²) in [5.41, 5.74) is 2.68. The standard InChI is InChI=1S/C17H26N2O/c1-20-12-9-14-5-2-3-7-17(14)18-15-8-11-19-10-4-6-16(19)13-15/h2-3,5,7,15-16,18H,4,6,8-13H2,1H3. The normalized spacial score (nSPS) is 26.4. The molecule has 20 heavy (non-hydrogen) atoms. The van der Waals surface area contributed by atoms with Gasteiger partial charge in [0.1, 0.15) is 0 Å². The Balaban J connectivity index is 1.62. The first kappa shape index (κ1) is 13.9. The van der Waals surface area contributed by atoms with Crippen molar-refractivity contribution in [2.45, 2.75) is 44.2 Å². The van der Waals surface area contributed by atoms with Gasteiger partial charge in [0.05, 0.1) is 6.61 Å². The Hall–Kier alpha value is -1.06. The Bertz CT molecular complexity index is 435. The van der Waals surface area contributed by atoms with Gasteiger partial charge in [-0.2, -0.15) is 0 Å². The van der Waals surface area contributed by atoms with Gasteiger partial charge in [0.2, 0.25) is 0 Å². The zero-order valence-electron chi connectivity index (χ0n) is 12.5. The first-order valence-electron chi connectivity index (χ1n) is 7.94. The molecule has 2 unspecified atom stereocenters. The molecule has 2 aliphatic rings. The minimum atomic E-state index is 0.637. The third-order valence-electron chi connectivity index (χ3n) is 4.77. The van der Waals surface area contributed by atoms with Crippen molar-refractivity contribution in [3.63, 3.8) is 0 Å². The maximum absolute atomic E-state index is 5.21. The quantitative estimate of drug-likeness (QED) is 0.893. The second kappa shape index (κ2) is 6.59. The van der Waals surface area contributed by atoms with Crippen molar-refractivity contribution in [3.8, 4) is 0 Å². The minimum Gasteiger partial charge on any atom is -0.384 e. The number of benzene rings is 1. The average molecular weight is 274 g/mol. The van der Waals surface area contributed by atoms with Crippen molar-refractivity contribution in [1.82, 2.24) is 4.90 Å². The zero-order chi connectivity index (χ0) is 13.8. The third-order valence-corrected chi connectivity index (χ3v) is 4.77. The maximum Gasteiger partial charge on any atom is 0.0503 e. The number of ether oxygens (including phenoxy) is 1. The number of hydrogen-bond donors (Lipinski definition) is 1.